The van der Waals surface area contributed by atoms with Crippen molar-refractivity contribution in [1.29, 1.82) is 0 Å². The minimum absolute atomic E-state index is 0.0184. The normalized spacial score (nSPS) is 17.1. The molecule has 1 aromatic rings. The van der Waals surface area contributed by atoms with Gasteiger partial charge < -0.3 is 10.6 Å². The van der Waals surface area contributed by atoms with Crippen LogP contribution in [0.15, 0.2) is 16.6 Å². The lowest BCUT2D eigenvalue weighted by Crippen LogP contribution is -2.38. The lowest BCUT2D eigenvalue weighted by atomic mass is 9.87. The van der Waals surface area contributed by atoms with Gasteiger partial charge in [0.15, 0.2) is 0 Å². The van der Waals surface area contributed by atoms with E-state index < -0.39 is 0 Å². The maximum absolute atomic E-state index is 11.8. The van der Waals surface area contributed by atoms with Crippen LogP contribution < -0.4 is 10.6 Å². The number of halogens is 2. The van der Waals surface area contributed by atoms with Crippen LogP contribution in [-0.4, -0.2) is 19.0 Å². The third-order valence-electron chi connectivity index (χ3n) is 3.06. The Labute approximate surface area is 114 Å². The maximum Gasteiger partial charge on any atom is 0.240 e. The van der Waals surface area contributed by atoms with Crippen LogP contribution in [0.1, 0.15) is 19.4 Å². The summed E-state index contributed by atoms with van der Waals surface area (Å²) in [6, 6.07) is 3.73. The molecule has 0 bridgehead atoms. The predicted octanol–water partition coefficient (Wildman–Crippen LogP) is 2.69. The fraction of sp³-hybridized carbons (Fsp3) is 0.417. The Morgan fingerprint density at radius 2 is 2.24 bits per heavy atom. The van der Waals surface area contributed by atoms with Gasteiger partial charge in [-0.1, -0.05) is 25.4 Å². The van der Waals surface area contributed by atoms with Gasteiger partial charge in [-0.25, -0.2) is 0 Å². The van der Waals surface area contributed by atoms with Gasteiger partial charge in [-0.15, -0.1) is 0 Å². The van der Waals surface area contributed by atoms with E-state index in [2.05, 4.69) is 29.8 Å². The van der Waals surface area contributed by atoms with Crippen LogP contribution in [0.3, 0.4) is 0 Å². The summed E-state index contributed by atoms with van der Waals surface area (Å²) in [5.41, 5.74) is 7.32. The molecule has 17 heavy (non-hydrogen) atoms. The Morgan fingerprint density at radius 3 is 2.82 bits per heavy atom. The minimum Gasteiger partial charge on any atom is -0.322 e. The summed E-state index contributed by atoms with van der Waals surface area (Å²) in [5.74, 6) is -0.0696. The molecule has 0 fully saturated rings. The number of carbonyl (C=O) groups excluding carboxylic acids is 1. The molecule has 3 nitrogen and oxygen atoms in total. The molecule has 1 aliphatic heterocycles. The van der Waals surface area contributed by atoms with Gasteiger partial charge in [0.2, 0.25) is 5.91 Å². The van der Waals surface area contributed by atoms with Crippen molar-refractivity contribution in [2.24, 2.45) is 5.73 Å². The molecule has 1 aromatic carbocycles. The number of rotatable bonds is 1. The van der Waals surface area contributed by atoms with Crippen molar-refractivity contribution >= 4 is 39.1 Å². The molecule has 0 aromatic heterocycles. The van der Waals surface area contributed by atoms with E-state index in [4.69, 9.17) is 17.3 Å². The Hall–Kier alpha value is -0.580. The zero-order valence-corrected chi connectivity index (χ0v) is 12.1. The van der Waals surface area contributed by atoms with Crippen molar-refractivity contribution in [3.8, 4) is 0 Å². The zero-order valence-electron chi connectivity index (χ0n) is 9.76. The zero-order chi connectivity index (χ0) is 12.8. The molecule has 0 saturated heterocycles. The van der Waals surface area contributed by atoms with Crippen LogP contribution in [0.5, 0.6) is 0 Å². The number of nitrogens with zero attached hydrogens (tertiary/aromatic N) is 1. The van der Waals surface area contributed by atoms with Crippen molar-refractivity contribution in [3.63, 3.8) is 0 Å². The number of hydrogen-bond donors (Lipinski definition) is 1. The van der Waals surface area contributed by atoms with E-state index in [0.717, 1.165) is 15.7 Å². The minimum atomic E-state index is -0.104. The fourth-order valence-corrected chi connectivity index (χ4v) is 3.26. The monoisotopic (exact) mass is 316 g/mol. The van der Waals surface area contributed by atoms with E-state index >= 15 is 0 Å². The molecular weight excluding hydrogens is 304 g/mol. The highest BCUT2D eigenvalue weighted by Gasteiger charge is 2.39. The van der Waals surface area contributed by atoms with Crippen LogP contribution in [0.4, 0.5) is 5.69 Å². The summed E-state index contributed by atoms with van der Waals surface area (Å²) in [5, 5.41) is 0.672. The van der Waals surface area contributed by atoms with E-state index in [1.54, 1.807) is 11.0 Å². The molecular formula is C12H14BrClN2O. The molecule has 92 valence electrons. The number of anilines is 1. The molecule has 0 spiro atoms. The highest BCUT2D eigenvalue weighted by molar-refractivity contribution is 9.10. The second-order valence-corrected chi connectivity index (χ2v) is 6.14. The first kappa shape index (κ1) is 12.9. The second-order valence-electron chi connectivity index (χ2n) is 4.85. The summed E-state index contributed by atoms with van der Waals surface area (Å²) in [6.07, 6.45) is 0. The quantitative estimate of drug-likeness (QED) is 0.865. The topological polar surface area (TPSA) is 46.3 Å². The van der Waals surface area contributed by atoms with E-state index in [1.807, 2.05) is 6.07 Å². The van der Waals surface area contributed by atoms with Gasteiger partial charge in [-0.3, -0.25) is 4.79 Å². The molecule has 0 aliphatic carbocycles. The van der Waals surface area contributed by atoms with Crippen molar-refractivity contribution in [2.75, 3.05) is 18.0 Å². The molecule has 1 aliphatic rings. The standard InChI is InChI=1S/C12H14BrClN2O/c1-12(2)6-16(10(17)5-15)11-8(12)3-7(14)4-9(11)13/h3-4H,5-6,15H2,1-2H3. The Morgan fingerprint density at radius 1 is 1.59 bits per heavy atom. The van der Waals surface area contributed by atoms with E-state index in [1.165, 1.54) is 0 Å². The van der Waals surface area contributed by atoms with E-state index in [9.17, 15) is 4.79 Å². The average molecular weight is 318 g/mol. The Balaban J connectivity index is 2.61. The predicted molar refractivity (Wildman–Crippen MR) is 73.6 cm³/mol. The third kappa shape index (κ3) is 2.09. The molecule has 2 N–H and O–H groups in total. The number of nitrogens with two attached hydrogens (primary N) is 1. The Bertz CT molecular complexity index is 488. The number of hydrogen-bond acceptors (Lipinski definition) is 2. The van der Waals surface area contributed by atoms with Gasteiger partial charge in [0, 0.05) is 21.5 Å². The average Bonchev–Trinajstić information content (AvgIpc) is 2.50. The van der Waals surface area contributed by atoms with Crippen LogP contribution >= 0.6 is 27.5 Å². The van der Waals surface area contributed by atoms with Gasteiger partial charge in [0.05, 0.1) is 12.2 Å². The summed E-state index contributed by atoms with van der Waals surface area (Å²) < 4.78 is 0.840. The number of fused-ring (bicyclic) bond motifs is 1. The van der Waals surface area contributed by atoms with Crippen molar-refractivity contribution in [3.05, 3.63) is 27.2 Å². The van der Waals surface area contributed by atoms with Crippen LogP contribution in [-0.2, 0) is 10.2 Å². The van der Waals surface area contributed by atoms with Crippen LogP contribution in [0.2, 0.25) is 5.02 Å². The van der Waals surface area contributed by atoms with E-state index in [-0.39, 0.29) is 17.9 Å². The highest BCUT2D eigenvalue weighted by Crippen LogP contribution is 2.46. The molecule has 0 unspecified atom stereocenters. The Kier molecular flexibility index (Phi) is 3.23. The lowest BCUT2D eigenvalue weighted by Gasteiger charge is -2.20. The first-order valence-electron chi connectivity index (χ1n) is 5.37. The largest absolute Gasteiger partial charge is 0.322 e. The number of carbonyl (C=O) groups is 1. The summed E-state index contributed by atoms with van der Waals surface area (Å²) in [4.78, 5) is 13.6. The molecule has 0 radical (unpaired) electrons. The molecule has 0 atom stereocenters. The third-order valence-corrected chi connectivity index (χ3v) is 3.88. The van der Waals surface area contributed by atoms with Crippen molar-refractivity contribution in [1.82, 2.24) is 0 Å². The highest BCUT2D eigenvalue weighted by atomic mass is 79.9. The van der Waals surface area contributed by atoms with Crippen molar-refractivity contribution in [2.45, 2.75) is 19.3 Å². The fourth-order valence-electron chi connectivity index (χ4n) is 2.24. The molecule has 2 rings (SSSR count). The summed E-state index contributed by atoms with van der Waals surface area (Å²) in [6.45, 7) is 4.85. The smallest absolute Gasteiger partial charge is 0.240 e. The maximum atomic E-state index is 11.8. The van der Waals surface area contributed by atoms with Gasteiger partial charge in [-0.05, 0) is 33.6 Å². The summed E-state index contributed by atoms with van der Waals surface area (Å²) >= 11 is 9.53. The molecule has 0 saturated carbocycles. The second kappa shape index (κ2) is 4.26. The first-order chi connectivity index (χ1) is 7.86. The van der Waals surface area contributed by atoms with E-state index in [0.29, 0.717) is 11.6 Å². The molecule has 1 amide bonds. The first-order valence-corrected chi connectivity index (χ1v) is 6.54. The SMILES string of the molecule is CC1(C)CN(C(=O)CN)c2c(Br)cc(Cl)cc21. The lowest BCUT2D eigenvalue weighted by molar-refractivity contribution is -0.117. The van der Waals surface area contributed by atoms with Gasteiger partial charge in [-0.2, -0.15) is 0 Å². The number of amides is 1. The number of benzene rings is 1. The van der Waals surface area contributed by atoms with Crippen LogP contribution in [0.25, 0.3) is 0 Å². The van der Waals surface area contributed by atoms with Crippen molar-refractivity contribution < 1.29 is 4.79 Å². The van der Waals surface area contributed by atoms with Gasteiger partial charge >= 0.3 is 0 Å². The van der Waals surface area contributed by atoms with Crippen LogP contribution in [0, 0.1) is 0 Å². The summed E-state index contributed by atoms with van der Waals surface area (Å²) in [7, 11) is 0. The van der Waals surface area contributed by atoms with Gasteiger partial charge in [0.25, 0.3) is 0 Å². The molecule has 1 heterocycles. The molecule has 5 heteroatoms. The van der Waals surface area contributed by atoms with Gasteiger partial charge in [0.1, 0.15) is 0 Å².